The van der Waals surface area contributed by atoms with E-state index in [0.29, 0.717) is 11.5 Å². The lowest BCUT2D eigenvalue weighted by molar-refractivity contribution is -0.130. The summed E-state index contributed by atoms with van der Waals surface area (Å²) < 4.78 is 35.0. The zero-order valence-corrected chi connectivity index (χ0v) is 18.8. The summed E-state index contributed by atoms with van der Waals surface area (Å²) in [5.41, 5.74) is -0.125. The predicted octanol–water partition coefficient (Wildman–Crippen LogP) is 2.43. The van der Waals surface area contributed by atoms with Crippen LogP contribution in [0.1, 0.15) is 20.3 Å². The van der Waals surface area contributed by atoms with Gasteiger partial charge >= 0.3 is 6.09 Å². The first-order valence-corrected chi connectivity index (χ1v) is 10.8. The highest BCUT2D eigenvalue weighted by atomic mass is 32.1. The summed E-state index contributed by atoms with van der Waals surface area (Å²) in [5.74, 6) is -1.74. The minimum absolute atomic E-state index is 0.0746. The Bertz CT molecular complexity index is 921. The summed E-state index contributed by atoms with van der Waals surface area (Å²) in [6, 6.07) is 4.03. The van der Waals surface area contributed by atoms with Crippen LogP contribution in [0.4, 0.5) is 25.0 Å². The Morgan fingerprint density at radius 3 is 2.47 bits per heavy atom. The second-order valence-electron chi connectivity index (χ2n) is 7.98. The van der Waals surface area contributed by atoms with E-state index >= 15 is 0 Å². The van der Waals surface area contributed by atoms with Crippen molar-refractivity contribution >= 4 is 40.6 Å². The van der Waals surface area contributed by atoms with Crippen LogP contribution in [-0.2, 0) is 9.53 Å². The highest BCUT2D eigenvalue weighted by Crippen LogP contribution is 2.31. The molecule has 2 aliphatic heterocycles. The molecule has 0 bridgehead atoms. The van der Waals surface area contributed by atoms with Crippen LogP contribution in [-0.4, -0.2) is 67.3 Å². The largest absolute Gasteiger partial charge is 0.442 e. The molecule has 2 saturated heterocycles. The summed E-state index contributed by atoms with van der Waals surface area (Å²) >= 11 is 5.21. The van der Waals surface area contributed by atoms with E-state index < -0.39 is 23.8 Å². The minimum Gasteiger partial charge on any atom is -0.442 e. The number of hydrogen-bond donors (Lipinski definition) is 1. The van der Waals surface area contributed by atoms with Gasteiger partial charge in [0.1, 0.15) is 18.2 Å². The van der Waals surface area contributed by atoms with E-state index in [9.17, 15) is 18.4 Å². The van der Waals surface area contributed by atoms with E-state index in [1.807, 2.05) is 13.8 Å². The van der Waals surface area contributed by atoms with Crippen LogP contribution in [0.5, 0.6) is 0 Å². The fraction of sp³-hybridized carbons (Fsp3) is 0.524. The molecular formula is C21H25F2N5O3S. The van der Waals surface area contributed by atoms with Crippen LogP contribution in [0.25, 0.3) is 0 Å². The fourth-order valence-electron chi connectivity index (χ4n) is 3.63. The van der Waals surface area contributed by atoms with E-state index in [2.05, 4.69) is 5.32 Å². The lowest BCUT2D eigenvalue weighted by Crippen LogP contribution is -2.49. The number of carbonyl (C=O) groups excluding carboxylic acids is 2. The molecule has 2 fully saturated rings. The monoisotopic (exact) mass is 465 g/mol. The average molecular weight is 466 g/mol. The molecule has 11 heteroatoms. The molecule has 0 spiro atoms. The molecule has 8 nitrogen and oxygen atoms in total. The maximum atomic E-state index is 14.9. The van der Waals surface area contributed by atoms with Crippen molar-refractivity contribution in [1.82, 2.24) is 10.2 Å². The number of nitrogens with one attached hydrogen (secondary N) is 1. The zero-order valence-electron chi connectivity index (χ0n) is 17.9. The fourth-order valence-corrected chi connectivity index (χ4v) is 3.71. The van der Waals surface area contributed by atoms with Crippen molar-refractivity contribution in [2.45, 2.75) is 26.4 Å². The van der Waals surface area contributed by atoms with Gasteiger partial charge in [0.15, 0.2) is 11.6 Å². The van der Waals surface area contributed by atoms with Crippen LogP contribution in [0, 0.1) is 28.9 Å². The van der Waals surface area contributed by atoms with E-state index in [-0.39, 0.29) is 62.3 Å². The van der Waals surface area contributed by atoms with Crippen LogP contribution in [0.2, 0.25) is 0 Å². The number of nitriles is 1. The molecule has 32 heavy (non-hydrogen) atoms. The normalized spacial score (nSPS) is 18.6. The van der Waals surface area contributed by atoms with Crippen molar-refractivity contribution < 1.29 is 23.1 Å². The molecule has 1 aromatic carbocycles. The number of nitrogens with zero attached hydrogens (tertiary/aromatic N) is 4. The van der Waals surface area contributed by atoms with Gasteiger partial charge in [-0.25, -0.2) is 13.6 Å². The summed E-state index contributed by atoms with van der Waals surface area (Å²) in [6.45, 7) is 5.36. The molecule has 0 saturated carbocycles. The molecule has 1 atom stereocenters. The third-order valence-corrected chi connectivity index (χ3v) is 6.01. The number of piperazine rings is 1. The quantitative estimate of drug-likeness (QED) is 0.646. The van der Waals surface area contributed by atoms with E-state index in [1.54, 1.807) is 6.07 Å². The highest BCUT2D eigenvalue weighted by molar-refractivity contribution is 7.80. The van der Waals surface area contributed by atoms with Gasteiger partial charge in [0.05, 0.1) is 29.8 Å². The van der Waals surface area contributed by atoms with Crippen molar-refractivity contribution in [2.24, 2.45) is 5.92 Å². The first kappa shape index (κ1) is 23.7. The molecule has 0 aliphatic carbocycles. The molecule has 2 amide bonds. The number of amides is 2. The molecule has 172 valence electrons. The first-order valence-electron chi connectivity index (χ1n) is 10.4. The van der Waals surface area contributed by atoms with E-state index in [4.69, 9.17) is 22.2 Å². The minimum atomic E-state index is -0.799. The Balaban J connectivity index is 1.66. The third kappa shape index (κ3) is 5.24. The van der Waals surface area contributed by atoms with Crippen molar-refractivity contribution in [3.63, 3.8) is 0 Å². The molecule has 1 aromatic rings. The Hall–Kier alpha value is -3.00. The van der Waals surface area contributed by atoms with Gasteiger partial charge in [0, 0.05) is 44.2 Å². The number of anilines is 2. The number of ether oxygens (including phenoxy) is 1. The van der Waals surface area contributed by atoms with Crippen LogP contribution < -0.4 is 15.1 Å². The van der Waals surface area contributed by atoms with Gasteiger partial charge in [-0.1, -0.05) is 26.1 Å². The highest BCUT2D eigenvalue weighted by Gasteiger charge is 2.34. The van der Waals surface area contributed by atoms with Crippen molar-refractivity contribution in [3.8, 4) is 6.07 Å². The summed E-state index contributed by atoms with van der Waals surface area (Å²) in [4.78, 5) is 28.9. The lowest BCUT2D eigenvalue weighted by Gasteiger charge is -2.36. The predicted molar refractivity (Wildman–Crippen MR) is 118 cm³/mol. The maximum Gasteiger partial charge on any atom is 0.414 e. The SMILES string of the molecule is CC(C)C(=S)NCC1CN(c2cc(F)c(N3CCN(C(=O)CC#N)CC3)c(F)c2)C(=O)O1. The summed E-state index contributed by atoms with van der Waals surface area (Å²) in [5, 5.41) is 11.7. The Morgan fingerprint density at radius 2 is 1.91 bits per heavy atom. The number of rotatable bonds is 6. The van der Waals surface area contributed by atoms with Gasteiger partial charge in [-0.3, -0.25) is 9.69 Å². The molecule has 3 rings (SSSR count). The molecule has 1 unspecified atom stereocenters. The van der Waals surface area contributed by atoms with Gasteiger partial charge in [0.2, 0.25) is 5.91 Å². The smallest absolute Gasteiger partial charge is 0.414 e. The van der Waals surface area contributed by atoms with Crippen LogP contribution >= 0.6 is 12.2 Å². The zero-order chi connectivity index (χ0) is 23.4. The number of benzene rings is 1. The number of carbonyl (C=O) groups is 2. The number of halogens is 2. The van der Waals surface area contributed by atoms with Gasteiger partial charge < -0.3 is 19.9 Å². The van der Waals surface area contributed by atoms with Gasteiger partial charge in [-0.05, 0) is 0 Å². The van der Waals surface area contributed by atoms with Gasteiger partial charge in [-0.15, -0.1) is 0 Å². The Kier molecular flexibility index (Phi) is 7.45. The molecule has 2 heterocycles. The van der Waals surface area contributed by atoms with Gasteiger partial charge in [-0.2, -0.15) is 5.26 Å². The van der Waals surface area contributed by atoms with Crippen molar-refractivity contribution in [3.05, 3.63) is 23.8 Å². The Labute approximate surface area is 190 Å². The molecular weight excluding hydrogens is 440 g/mol. The van der Waals surface area contributed by atoms with E-state index in [1.165, 1.54) is 14.7 Å². The third-order valence-electron chi connectivity index (χ3n) is 5.39. The van der Waals surface area contributed by atoms with Crippen LogP contribution in [0.3, 0.4) is 0 Å². The van der Waals surface area contributed by atoms with Crippen molar-refractivity contribution in [2.75, 3.05) is 49.1 Å². The summed E-state index contributed by atoms with van der Waals surface area (Å²) in [6.07, 6.45) is -1.39. The van der Waals surface area contributed by atoms with Crippen LogP contribution in [0.15, 0.2) is 12.1 Å². The Morgan fingerprint density at radius 1 is 1.28 bits per heavy atom. The average Bonchev–Trinajstić information content (AvgIpc) is 3.12. The number of cyclic esters (lactones) is 1. The number of hydrogen-bond acceptors (Lipinski definition) is 6. The van der Waals surface area contributed by atoms with Crippen molar-refractivity contribution in [1.29, 1.82) is 5.26 Å². The summed E-state index contributed by atoms with van der Waals surface area (Å²) in [7, 11) is 0. The number of thiocarbonyl (C=S) groups is 1. The van der Waals surface area contributed by atoms with Gasteiger partial charge in [0.25, 0.3) is 0 Å². The standard InChI is InChI=1S/C21H25F2N5O3S/c1-13(2)20(32)25-11-15-12-28(21(30)31-15)14-9-16(22)19(17(23)10-14)27-7-5-26(6-8-27)18(29)3-4-24/h9-10,13,15H,3,5-8,11-12H2,1-2H3,(H,25,32). The molecule has 1 N–H and O–H groups in total. The second-order valence-corrected chi connectivity index (χ2v) is 8.42. The molecule has 0 radical (unpaired) electrons. The molecule has 0 aromatic heterocycles. The lowest BCUT2D eigenvalue weighted by atomic mass is 10.2. The molecule has 2 aliphatic rings. The maximum absolute atomic E-state index is 14.9. The topological polar surface area (TPSA) is 88.9 Å². The second kappa shape index (κ2) is 10.1. The first-order chi connectivity index (χ1) is 15.2. The van der Waals surface area contributed by atoms with E-state index in [0.717, 1.165) is 12.1 Å².